The molecule has 2 N–H and O–H groups in total. The Morgan fingerprint density at radius 2 is 1.71 bits per heavy atom. The molecule has 0 unspecified atom stereocenters. The van der Waals surface area contributed by atoms with E-state index in [-0.39, 0.29) is 11.6 Å². The van der Waals surface area contributed by atoms with Crippen molar-refractivity contribution in [2.45, 2.75) is 19.8 Å². The minimum atomic E-state index is -0.927. The fourth-order valence-corrected chi connectivity index (χ4v) is 2.69. The standard InChI is InChI=1S/C20H20ClFN2O4/c1-12(2)18(13-7-9-14(21)10-8-13)19(26)28-11-17(25)24-20(27)23-16-6-4-3-5-15(16)22/h3-10,12,18H,11H2,1-2H3,(H2,23,24,25,27)/t18-/m0/s1. The molecular formula is C20H20ClFN2O4. The number of halogens is 2. The maximum Gasteiger partial charge on any atom is 0.326 e. The Balaban J connectivity index is 1.89. The molecule has 0 aliphatic heterocycles. The Kier molecular flexibility index (Phi) is 7.52. The molecule has 1 atom stereocenters. The number of esters is 1. The number of urea groups is 1. The Morgan fingerprint density at radius 1 is 1.07 bits per heavy atom. The number of rotatable bonds is 6. The van der Waals surface area contributed by atoms with Crippen molar-refractivity contribution in [1.82, 2.24) is 5.32 Å². The van der Waals surface area contributed by atoms with Crippen molar-refractivity contribution >= 4 is 35.2 Å². The molecule has 2 rings (SSSR count). The summed E-state index contributed by atoms with van der Waals surface area (Å²) < 4.78 is 18.5. The lowest BCUT2D eigenvalue weighted by Gasteiger charge is -2.19. The summed E-state index contributed by atoms with van der Waals surface area (Å²) in [4.78, 5) is 36.0. The molecule has 0 saturated heterocycles. The lowest BCUT2D eigenvalue weighted by atomic mass is 9.88. The van der Waals surface area contributed by atoms with Gasteiger partial charge in [0.05, 0.1) is 11.6 Å². The first-order valence-corrected chi connectivity index (χ1v) is 8.93. The molecule has 2 aromatic rings. The van der Waals surface area contributed by atoms with E-state index in [9.17, 15) is 18.8 Å². The highest BCUT2D eigenvalue weighted by Gasteiger charge is 2.26. The van der Waals surface area contributed by atoms with Crippen LogP contribution in [0.4, 0.5) is 14.9 Å². The van der Waals surface area contributed by atoms with Gasteiger partial charge in [0.1, 0.15) is 5.82 Å². The zero-order valence-electron chi connectivity index (χ0n) is 15.4. The van der Waals surface area contributed by atoms with E-state index in [4.69, 9.17) is 16.3 Å². The van der Waals surface area contributed by atoms with Crippen molar-refractivity contribution in [3.8, 4) is 0 Å². The average molecular weight is 407 g/mol. The van der Waals surface area contributed by atoms with Crippen LogP contribution in [0.5, 0.6) is 0 Å². The second-order valence-corrected chi connectivity index (χ2v) is 6.80. The van der Waals surface area contributed by atoms with Gasteiger partial charge in [0.25, 0.3) is 5.91 Å². The molecule has 0 saturated carbocycles. The molecule has 2 aromatic carbocycles. The number of nitrogens with one attached hydrogen (secondary N) is 2. The van der Waals surface area contributed by atoms with Crippen molar-refractivity contribution in [2.24, 2.45) is 5.92 Å². The summed E-state index contributed by atoms with van der Waals surface area (Å²) in [6, 6.07) is 11.4. The van der Waals surface area contributed by atoms with E-state index in [1.54, 1.807) is 24.3 Å². The van der Waals surface area contributed by atoms with Gasteiger partial charge in [-0.25, -0.2) is 9.18 Å². The van der Waals surface area contributed by atoms with Gasteiger partial charge >= 0.3 is 12.0 Å². The quantitative estimate of drug-likeness (QED) is 0.707. The van der Waals surface area contributed by atoms with Gasteiger partial charge in [0, 0.05) is 5.02 Å². The van der Waals surface area contributed by atoms with Crippen molar-refractivity contribution in [2.75, 3.05) is 11.9 Å². The van der Waals surface area contributed by atoms with Crippen LogP contribution in [0, 0.1) is 11.7 Å². The molecule has 0 aromatic heterocycles. The third-order valence-electron chi connectivity index (χ3n) is 3.87. The van der Waals surface area contributed by atoms with E-state index in [2.05, 4.69) is 5.32 Å². The van der Waals surface area contributed by atoms with Gasteiger partial charge in [-0.15, -0.1) is 0 Å². The van der Waals surface area contributed by atoms with Gasteiger partial charge in [-0.05, 0) is 35.7 Å². The number of hydrogen-bond donors (Lipinski definition) is 2. The maximum atomic E-state index is 13.5. The third kappa shape index (κ3) is 6.06. The molecule has 28 heavy (non-hydrogen) atoms. The lowest BCUT2D eigenvalue weighted by Crippen LogP contribution is -2.38. The van der Waals surface area contributed by atoms with Crippen molar-refractivity contribution in [1.29, 1.82) is 0 Å². The molecule has 148 valence electrons. The second kappa shape index (κ2) is 9.85. The summed E-state index contributed by atoms with van der Waals surface area (Å²) in [7, 11) is 0. The molecule has 8 heteroatoms. The summed E-state index contributed by atoms with van der Waals surface area (Å²) in [5, 5.41) is 4.72. The summed E-state index contributed by atoms with van der Waals surface area (Å²) in [6.45, 7) is 3.06. The Morgan fingerprint density at radius 3 is 2.32 bits per heavy atom. The van der Waals surface area contributed by atoms with Crippen LogP contribution >= 0.6 is 11.6 Å². The molecule has 0 radical (unpaired) electrons. The highest BCUT2D eigenvalue weighted by Crippen LogP contribution is 2.27. The van der Waals surface area contributed by atoms with Crippen LogP contribution in [0.3, 0.4) is 0 Å². The smallest absolute Gasteiger partial charge is 0.326 e. The molecule has 0 spiro atoms. The molecule has 0 bridgehead atoms. The van der Waals surface area contributed by atoms with Crippen molar-refractivity contribution in [3.63, 3.8) is 0 Å². The zero-order valence-corrected chi connectivity index (χ0v) is 16.1. The van der Waals surface area contributed by atoms with Crippen LogP contribution in [0.1, 0.15) is 25.3 Å². The second-order valence-electron chi connectivity index (χ2n) is 6.36. The summed E-state index contributed by atoms with van der Waals surface area (Å²) in [5.41, 5.74) is 0.634. The number of carbonyl (C=O) groups excluding carboxylic acids is 3. The molecule has 3 amide bonds. The first kappa shape index (κ1) is 21.4. The maximum absolute atomic E-state index is 13.5. The summed E-state index contributed by atoms with van der Waals surface area (Å²) in [5.74, 6) is -2.74. The van der Waals surface area contributed by atoms with E-state index < -0.39 is 36.2 Å². The predicted octanol–water partition coefficient (Wildman–Crippen LogP) is 4.11. The molecule has 0 aliphatic carbocycles. The topological polar surface area (TPSA) is 84.5 Å². The van der Waals surface area contributed by atoms with Crippen LogP contribution in [0.15, 0.2) is 48.5 Å². The van der Waals surface area contributed by atoms with E-state index in [0.717, 1.165) is 0 Å². The fourth-order valence-electron chi connectivity index (χ4n) is 2.57. The minimum Gasteiger partial charge on any atom is -0.455 e. The van der Waals surface area contributed by atoms with Crippen LogP contribution < -0.4 is 10.6 Å². The van der Waals surface area contributed by atoms with Gasteiger partial charge in [-0.2, -0.15) is 0 Å². The number of para-hydroxylation sites is 1. The van der Waals surface area contributed by atoms with Crippen LogP contribution in [-0.2, 0) is 14.3 Å². The highest BCUT2D eigenvalue weighted by atomic mass is 35.5. The first-order chi connectivity index (χ1) is 13.3. The molecule has 0 heterocycles. The van der Waals surface area contributed by atoms with Gasteiger partial charge in [0.15, 0.2) is 6.61 Å². The number of imide groups is 1. The Bertz CT molecular complexity index is 856. The normalized spacial score (nSPS) is 11.6. The van der Waals surface area contributed by atoms with E-state index in [0.29, 0.717) is 10.6 Å². The van der Waals surface area contributed by atoms with E-state index >= 15 is 0 Å². The Hall–Kier alpha value is -2.93. The predicted molar refractivity (Wildman–Crippen MR) is 104 cm³/mol. The molecule has 6 nitrogen and oxygen atoms in total. The number of ether oxygens (including phenoxy) is 1. The third-order valence-corrected chi connectivity index (χ3v) is 4.12. The van der Waals surface area contributed by atoms with Gasteiger partial charge in [-0.3, -0.25) is 14.9 Å². The van der Waals surface area contributed by atoms with Gasteiger partial charge in [0.2, 0.25) is 0 Å². The number of benzene rings is 2. The van der Waals surface area contributed by atoms with Gasteiger partial charge < -0.3 is 10.1 Å². The first-order valence-electron chi connectivity index (χ1n) is 8.55. The number of anilines is 1. The van der Waals surface area contributed by atoms with Crippen molar-refractivity contribution in [3.05, 3.63) is 64.9 Å². The fraction of sp³-hybridized carbons (Fsp3) is 0.250. The highest BCUT2D eigenvalue weighted by molar-refractivity contribution is 6.30. The Labute approximate surface area is 167 Å². The van der Waals surface area contributed by atoms with Gasteiger partial charge in [-0.1, -0.05) is 49.7 Å². The number of carbonyl (C=O) groups is 3. The molecular weight excluding hydrogens is 387 g/mol. The number of amides is 3. The minimum absolute atomic E-state index is 0.0765. The SMILES string of the molecule is CC(C)[C@H](C(=O)OCC(=O)NC(=O)Nc1ccccc1F)c1ccc(Cl)cc1. The van der Waals surface area contributed by atoms with E-state index in [1.165, 1.54) is 24.3 Å². The lowest BCUT2D eigenvalue weighted by molar-refractivity contribution is -0.150. The molecule has 0 fully saturated rings. The summed E-state index contributed by atoms with van der Waals surface area (Å²) >= 11 is 5.86. The average Bonchev–Trinajstić information content (AvgIpc) is 2.63. The molecule has 0 aliphatic rings. The van der Waals surface area contributed by atoms with E-state index in [1.807, 2.05) is 19.2 Å². The van der Waals surface area contributed by atoms with Crippen LogP contribution in [0.2, 0.25) is 5.02 Å². The summed E-state index contributed by atoms with van der Waals surface area (Å²) in [6.07, 6.45) is 0. The largest absolute Gasteiger partial charge is 0.455 e. The van der Waals surface area contributed by atoms with Crippen LogP contribution in [-0.4, -0.2) is 24.5 Å². The zero-order chi connectivity index (χ0) is 20.7. The van der Waals surface area contributed by atoms with Crippen molar-refractivity contribution < 1.29 is 23.5 Å². The number of hydrogen-bond acceptors (Lipinski definition) is 4. The van der Waals surface area contributed by atoms with Crippen LogP contribution in [0.25, 0.3) is 0 Å². The monoisotopic (exact) mass is 406 g/mol.